The number of carbonyl (C=O) groups is 3. The van der Waals surface area contributed by atoms with Crippen molar-refractivity contribution in [3.8, 4) is 11.5 Å². The number of ether oxygens (including phenoxy) is 3. The van der Waals surface area contributed by atoms with Crippen LogP contribution in [0.15, 0.2) is 72.8 Å². The molecule has 9 nitrogen and oxygen atoms in total. The molecule has 3 aliphatic heterocycles. The molecule has 4 atom stereocenters. The van der Waals surface area contributed by atoms with Crippen LogP contribution in [0.5, 0.6) is 11.5 Å². The lowest BCUT2D eigenvalue weighted by atomic mass is 9.95. The molecule has 0 saturated carbocycles. The molecular formula is C39H34Cl2N2O7S. The van der Waals surface area contributed by atoms with Crippen molar-refractivity contribution in [2.75, 3.05) is 41.8 Å². The number of aromatic hydroxyl groups is 1. The van der Waals surface area contributed by atoms with Gasteiger partial charge in [0, 0.05) is 66.0 Å². The van der Waals surface area contributed by atoms with Gasteiger partial charge in [0.25, 0.3) is 11.8 Å². The molecule has 3 aliphatic rings. The van der Waals surface area contributed by atoms with Crippen LogP contribution in [-0.2, 0) is 14.3 Å². The number of anilines is 2. The molecular weight excluding hydrogens is 711 g/mol. The number of alkyl halides is 2. The van der Waals surface area contributed by atoms with Gasteiger partial charge < -0.3 is 29.1 Å². The van der Waals surface area contributed by atoms with E-state index < -0.39 is 18.4 Å². The van der Waals surface area contributed by atoms with Gasteiger partial charge in [0.2, 0.25) is 6.29 Å². The molecule has 8 rings (SSSR count). The highest BCUT2D eigenvalue weighted by molar-refractivity contribution is 7.16. The first-order valence-corrected chi connectivity index (χ1v) is 18.8. The highest BCUT2D eigenvalue weighted by Gasteiger charge is 2.39. The Hall–Kier alpha value is -4.35. The molecule has 1 aromatic heterocycles. The van der Waals surface area contributed by atoms with Crippen molar-refractivity contribution in [3.63, 3.8) is 0 Å². The Morgan fingerprint density at radius 2 is 1.35 bits per heavy atom. The van der Waals surface area contributed by atoms with Crippen molar-refractivity contribution in [1.29, 1.82) is 0 Å². The molecule has 12 heteroatoms. The number of hydrogen-bond donors (Lipinski definition) is 1. The summed E-state index contributed by atoms with van der Waals surface area (Å²) in [5, 5.41) is 14.2. The Kier molecular flexibility index (Phi) is 9.04. The molecule has 1 saturated heterocycles. The number of carbonyl (C=O) groups excluding carboxylic acids is 3. The maximum absolute atomic E-state index is 14.3. The van der Waals surface area contributed by atoms with E-state index in [1.54, 1.807) is 28.0 Å². The summed E-state index contributed by atoms with van der Waals surface area (Å²) in [7, 11) is 1.34. The van der Waals surface area contributed by atoms with E-state index in [0.717, 1.165) is 45.0 Å². The summed E-state index contributed by atoms with van der Waals surface area (Å²) in [6.45, 7) is 0.726. The van der Waals surface area contributed by atoms with Gasteiger partial charge in [-0.1, -0.05) is 48.5 Å². The van der Waals surface area contributed by atoms with Gasteiger partial charge >= 0.3 is 5.97 Å². The van der Waals surface area contributed by atoms with Crippen LogP contribution in [-0.4, -0.2) is 67.2 Å². The van der Waals surface area contributed by atoms with Crippen LogP contribution in [0.25, 0.3) is 21.5 Å². The third kappa shape index (κ3) is 5.78. The minimum absolute atomic E-state index is 0.0927. The number of benzene rings is 4. The number of nitrogens with zero attached hydrogens (tertiary/aromatic N) is 2. The summed E-state index contributed by atoms with van der Waals surface area (Å²) >= 11 is 14.1. The van der Waals surface area contributed by atoms with Gasteiger partial charge in [-0.25, -0.2) is 4.79 Å². The summed E-state index contributed by atoms with van der Waals surface area (Å²) < 4.78 is 17.3. The van der Waals surface area contributed by atoms with Gasteiger partial charge in [-0.05, 0) is 46.9 Å². The van der Waals surface area contributed by atoms with Gasteiger partial charge in [-0.15, -0.1) is 34.5 Å². The fourth-order valence-corrected chi connectivity index (χ4v) is 9.14. The van der Waals surface area contributed by atoms with Gasteiger partial charge in [0.1, 0.15) is 11.5 Å². The first kappa shape index (κ1) is 33.8. The fourth-order valence-electron chi connectivity index (χ4n) is 7.73. The van der Waals surface area contributed by atoms with Crippen molar-refractivity contribution in [3.05, 3.63) is 93.7 Å². The number of phenolic OH excluding ortho intramolecular Hbond substituents is 1. The van der Waals surface area contributed by atoms with Crippen molar-refractivity contribution >= 4 is 85.2 Å². The summed E-state index contributed by atoms with van der Waals surface area (Å²) in [5.41, 5.74) is 3.20. The Balaban J connectivity index is 1.10. The SMILES string of the molecule is COC(=O)[C@@H]1CCC[C@H](Oc2cc3c(c4ccccc24)[C@H](CCl)CN3C(=O)c2ccc(C(=O)N3C[C@@H](CCl)c4c3cc(O)c3ccccc43)s2)O1. The van der Waals surface area contributed by atoms with E-state index in [-0.39, 0.29) is 29.4 Å². The Bertz CT molecular complexity index is 2210. The molecule has 51 heavy (non-hydrogen) atoms. The predicted molar refractivity (Wildman–Crippen MR) is 199 cm³/mol. The number of esters is 1. The Morgan fingerprint density at radius 3 is 1.94 bits per heavy atom. The van der Waals surface area contributed by atoms with Crippen molar-refractivity contribution < 1.29 is 33.7 Å². The van der Waals surface area contributed by atoms with Crippen LogP contribution in [0.2, 0.25) is 0 Å². The number of thiophene rings is 1. The largest absolute Gasteiger partial charge is 0.507 e. The second-order valence-electron chi connectivity index (χ2n) is 13.1. The monoisotopic (exact) mass is 744 g/mol. The van der Waals surface area contributed by atoms with E-state index in [4.69, 9.17) is 37.4 Å². The van der Waals surface area contributed by atoms with Crippen LogP contribution in [0.3, 0.4) is 0 Å². The van der Waals surface area contributed by atoms with Gasteiger partial charge in [0.05, 0.1) is 28.2 Å². The number of rotatable bonds is 7. The lowest BCUT2D eigenvalue weighted by molar-refractivity contribution is -0.183. The predicted octanol–water partition coefficient (Wildman–Crippen LogP) is 8.17. The van der Waals surface area contributed by atoms with Gasteiger partial charge in [0.15, 0.2) is 6.10 Å². The van der Waals surface area contributed by atoms with Crippen LogP contribution in [0, 0.1) is 0 Å². The Morgan fingerprint density at radius 1 is 0.804 bits per heavy atom. The second kappa shape index (κ2) is 13.7. The normalized spacial score (nSPS) is 21.2. The van der Waals surface area contributed by atoms with Crippen LogP contribution < -0.4 is 14.5 Å². The fraction of sp³-hybridized carbons (Fsp3) is 0.308. The number of hydrogen-bond acceptors (Lipinski definition) is 8. The Labute approximate surface area is 308 Å². The zero-order valence-corrected chi connectivity index (χ0v) is 30.0. The molecule has 0 radical (unpaired) electrons. The molecule has 4 heterocycles. The average Bonchev–Trinajstić information content (AvgIpc) is 3.90. The highest BCUT2D eigenvalue weighted by atomic mass is 35.5. The molecule has 262 valence electrons. The third-order valence-corrected chi connectivity index (χ3v) is 11.9. The maximum Gasteiger partial charge on any atom is 0.335 e. The summed E-state index contributed by atoms with van der Waals surface area (Å²) in [6, 6.07) is 22.2. The zero-order valence-electron chi connectivity index (χ0n) is 27.6. The van der Waals surface area contributed by atoms with E-state index in [9.17, 15) is 19.5 Å². The lowest BCUT2D eigenvalue weighted by Gasteiger charge is -2.29. The molecule has 0 unspecified atom stereocenters. The van der Waals surface area contributed by atoms with Gasteiger partial charge in [-0.2, -0.15) is 0 Å². The van der Waals surface area contributed by atoms with E-state index in [0.29, 0.717) is 70.0 Å². The van der Waals surface area contributed by atoms with Crippen molar-refractivity contribution in [2.24, 2.45) is 0 Å². The molecule has 4 aromatic carbocycles. The number of amides is 2. The molecule has 2 amide bonds. The average molecular weight is 746 g/mol. The van der Waals surface area contributed by atoms with E-state index in [2.05, 4.69) is 0 Å². The smallest absolute Gasteiger partial charge is 0.335 e. The van der Waals surface area contributed by atoms with E-state index in [1.807, 2.05) is 54.6 Å². The highest BCUT2D eigenvalue weighted by Crippen LogP contribution is 2.48. The van der Waals surface area contributed by atoms with E-state index in [1.165, 1.54) is 7.11 Å². The standard InChI is InChI=1S/C39H34Cl2N2O7S/c1-48-39(47)30-11-6-12-34(49-30)50-31-16-28-36(26-10-5-3-8-24(26)31)22(18-41)20-43(28)38(46)33-14-13-32(51-33)37(45)42-19-21(17-40)35-25-9-4-2-7-23(25)29(44)15-27(35)42/h2-5,7-10,13-16,21-22,30,34,44H,6,11-12,17-20H2,1H3/t21-,22-,30+,34+/m1/s1. The molecule has 0 aliphatic carbocycles. The number of fused-ring (bicyclic) bond motifs is 6. The summed E-state index contributed by atoms with van der Waals surface area (Å²) in [6.07, 6.45) is 0.515. The molecule has 0 spiro atoms. The summed E-state index contributed by atoms with van der Waals surface area (Å²) in [4.78, 5) is 44.7. The minimum Gasteiger partial charge on any atom is -0.507 e. The van der Waals surface area contributed by atoms with Crippen molar-refractivity contribution in [1.82, 2.24) is 0 Å². The zero-order chi connectivity index (χ0) is 35.4. The number of halogens is 2. The summed E-state index contributed by atoms with van der Waals surface area (Å²) in [5.74, 6) is 0.0625. The van der Waals surface area contributed by atoms with Crippen LogP contribution in [0.1, 0.15) is 61.6 Å². The molecule has 1 N–H and O–H groups in total. The topological polar surface area (TPSA) is 106 Å². The molecule has 0 bridgehead atoms. The first-order chi connectivity index (χ1) is 24.8. The van der Waals surface area contributed by atoms with Crippen molar-refractivity contribution in [2.45, 2.75) is 43.5 Å². The molecule has 1 fully saturated rings. The maximum atomic E-state index is 14.3. The lowest BCUT2D eigenvalue weighted by Crippen LogP contribution is -2.37. The second-order valence-corrected chi connectivity index (χ2v) is 14.8. The first-order valence-electron chi connectivity index (χ1n) is 16.9. The van der Waals surface area contributed by atoms with E-state index >= 15 is 0 Å². The quantitative estimate of drug-likeness (QED) is 0.132. The van der Waals surface area contributed by atoms with Crippen LogP contribution >= 0.6 is 34.5 Å². The minimum atomic E-state index is -0.705. The molecule has 5 aromatic rings. The number of methoxy groups -OCH3 is 1. The van der Waals surface area contributed by atoms with Crippen LogP contribution in [0.4, 0.5) is 11.4 Å². The number of phenols is 1. The third-order valence-electron chi connectivity index (χ3n) is 10.1. The van der Waals surface area contributed by atoms with Gasteiger partial charge in [-0.3, -0.25) is 9.59 Å².